The maximum Gasteiger partial charge on any atom is 0.187 e. The number of aryl methyl sites for hydroxylation is 1. The fourth-order valence-corrected chi connectivity index (χ4v) is 2.20. The molecule has 0 atom stereocenters. The number of nitrogens with one attached hydrogen (secondary N) is 1. The lowest BCUT2D eigenvalue weighted by Crippen LogP contribution is -2.10. The largest absolute Gasteiger partial charge is 0.377 e. The highest BCUT2D eigenvalue weighted by atomic mass is 35.5. The lowest BCUT2D eigenvalue weighted by Gasteiger charge is -2.17. The van der Waals surface area contributed by atoms with Crippen molar-refractivity contribution in [1.29, 1.82) is 0 Å². The van der Waals surface area contributed by atoms with E-state index in [2.05, 4.69) is 38.0 Å². The molecule has 0 saturated carbocycles. The van der Waals surface area contributed by atoms with E-state index in [1.54, 1.807) is 0 Å². The Morgan fingerprint density at radius 1 is 1.29 bits per heavy atom. The fourth-order valence-electron chi connectivity index (χ4n) is 1.56. The Labute approximate surface area is 110 Å². The second kappa shape index (κ2) is 4.89. The van der Waals surface area contributed by atoms with Crippen LogP contribution in [0, 0.1) is 6.92 Å². The molecule has 0 amide bonds. The Morgan fingerprint density at radius 2 is 2.06 bits per heavy atom. The van der Waals surface area contributed by atoms with Gasteiger partial charge in [-0.3, -0.25) is 0 Å². The van der Waals surface area contributed by atoms with Gasteiger partial charge in [-0.05, 0) is 24.6 Å². The molecule has 1 N–H and O–H groups in total. The van der Waals surface area contributed by atoms with Gasteiger partial charge >= 0.3 is 0 Å². The van der Waals surface area contributed by atoms with Gasteiger partial charge in [0, 0.05) is 25.5 Å². The first-order valence-electron chi connectivity index (χ1n) is 5.11. The van der Waals surface area contributed by atoms with Crippen molar-refractivity contribution in [3.63, 3.8) is 0 Å². The summed E-state index contributed by atoms with van der Waals surface area (Å²) in [6, 6.07) is 6.12. The van der Waals surface area contributed by atoms with E-state index in [4.69, 9.17) is 11.6 Å². The van der Waals surface area contributed by atoms with E-state index in [0.29, 0.717) is 11.0 Å². The van der Waals surface area contributed by atoms with Crippen LogP contribution in [0.3, 0.4) is 0 Å². The minimum Gasteiger partial charge on any atom is -0.377 e. The molecule has 2 aromatic rings. The zero-order valence-electron chi connectivity index (χ0n) is 9.86. The van der Waals surface area contributed by atoms with Crippen LogP contribution in [-0.2, 0) is 0 Å². The number of aromatic nitrogens is 2. The van der Waals surface area contributed by atoms with Crippen LogP contribution in [0.25, 0.3) is 0 Å². The molecule has 4 nitrogen and oxygen atoms in total. The molecule has 0 spiro atoms. The van der Waals surface area contributed by atoms with Crippen molar-refractivity contribution >= 4 is 40.5 Å². The van der Waals surface area contributed by atoms with Gasteiger partial charge in [-0.25, -0.2) is 0 Å². The number of hydrogen-bond donors (Lipinski definition) is 1. The van der Waals surface area contributed by atoms with Gasteiger partial charge in [-0.1, -0.05) is 17.7 Å². The van der Waals surface area contributed by atoms with Gasteiger partial charge in [0.15, 0.2) is 11.0 Å². The maximum absolute atomic E-state index is 5.89. The fraction of sp³-hybridized carbons (Fsp3) is 0.273. The Balaban J connectivity index is 2.28. The average Bonchev–Trinajstić information content (AvgIpc) is 2.67. The lowest BCUT2D eigenvalue weighted by atomic mass is 10.1. The molecule has 1 heterocycles. The van der Waals surface area contributed by atoms with E-state index in [0.717, 1.165) is 23.1 Å². The van der Waals surface area contributed by atoms with Gasteiger partial charge in [0.1, 0.15) is 0 Å². The molecule has 0 bridgehead atoms. The zero-order valence-corrected chi connectivity index (χ0v) is 11.4. The van der Waals surface area contributed by atoms with Gasteiger partial charge < -0.3 is 10.2 Å². The molecule has 0 unspecified atom stereocenters. The molecule has 0 radical (unpaired) electrons. The minimum absolute atomic E-state index is 0.405. The van der Waals surface area contributed by atoms with Crippen LogP contribution in [-0.4, -0.2) is 22.8 Å². The summed E-state index contributed by atoms with van der Waals surface area (Å²) in [6.45, 7) is 2.08. The first-order chi connectivity index (χ1) is 8.08. The Kier molecular flexibility index (Phi) is 3.49. The van der Waals surface area contributed by atoms with Gasteiger partial charge in [0.05, 0.1) is 11.7 Å². The summed E-state index contributed by atoms with van der Waals surface area (Å²) in [5.74, 6) is 0.602. The van der Waals surface area contributed by atoms with E-state index >= 15 is 0 Å². The zero-order chi connectivity index (χ0) is 12.4. The number of halogens is 1. The third kappa shape index (κ3) is 2.68. The average molecular weight is 269 g/mol. The van der Waals surface area contributed by atoms with Crippen LogP contribution < -0.4 is 10.2 Å². The summed E-state index contributed by atoms with van der Waals surface area (Å²) in [4.78, 5) is 2.07. The van der Waals surface area contributed by atoms with E-state index < -0.39 is 0 Å². The summed E-state index contributed by atoms with van der Waals surface area (Å²) in [7, 11) is 4.03. The van der Waals surface area contributed by atoms with Crippen LogP contribution in [0.15, 0.2) is 18.2 Å². The van der Waals surface area contributed by atoms with Gasteiger partial charge in [-0.2, -0.15) is 8.75 Å². The molecule has 90 valence electrons. The van der Waals surface area contributed by atoms with Crippen molar-refractivity contribution in [2.45, 2.75) is 6.92 Å². The molecule has 0 aliphatic heterocycles. The number of hydrogen-bond acceptors (Lipinski definition) is 5. The first-order valence-corrected chi connectivity index (χ1v) is 6.22. The Morgan fingerprint density at radius 3 is 2.65 bits per heavy atom. The second-order valence-electron chi connectivity index (χ2n) is 3.92. The van der Waals surface area contributed by atoms with Crippen molar-refractivity contribution < 1.29 is 0 Å². The van der Waals surface area contributed by atoms with E-state index in [1.165, 1.54) is 5.56 Å². The summed E-state index contributed by atoms with van der Waals surface area (Å²) in [5.41, 5.74) is 3.34. The third-order valence-corrected chi connectivity index (χ3v) is 3.29. The third-order valence-electron chi connectivity index (χ3n) is 2.40. The molecule has 0 aliphatic carbocycles. The number of anilines is 3. The Hall–Kier alpha value is -1.33. The molecule has 1 aromatic carbocycles. The van der Waals surface area contributed by atoms with Crippen molar-refractivity contribution in [1.82, 2.24) is 8.75 Å². The highest BCUT2D eigenvalue weighted by Gasteiger charge is 2.07. The van der Waals surface area contributed by atoms with E-state index in [1.807, 2.05) is 20.2 Å². The lowest BCUT2D eigenvalue weighted by molar-refractivity contribution is 1.11. The Bertz CT molecular complexity index is 524. The van der Waals surface area contributed by atoms with Crippen LogP contribution in [0.2, 0.25) is 5.15 Å². The van der Waals surface area contributed by atoms with Crippen molar-refractivity contribution in [2.75, 3.05) is 24.3 Å². The van der Waals surface area contributed by atoms with Crippen LogP contribution in [0.4, 0.5) is 17.2 Å². The minimum atomic E-state index is 0.405. The summed E-state index contributed by atoms with van der Waals surface area (Å²) in [6.07, 6.45) is 0. The van der Waals surface area contributed by atoms with E-state index in [-0.39, 0.29) is 0 Å². The smallest absolute Gasteiger partial charge is 0.187 e. The molecule has 0 fully saturated rings. The SMILES string of the molecule is Cc1ccc(Nc2nsnc2Cl)cc1N(C)C. The molecule has 6 heteroatoms. The molecular formula is C11H13ClN4S. The molecule has 0 aliphatic rings. The predicted molar refractivity (Wildman–Crippen MR) is 73.7 cm³/mol. The monoisotopic (exact) mass is 268 g/mol. The summed E-state index contributed by atoms with van der Waals surface area (Å²) < 4.78 is 7.99. The highest BCUT2D eigenvalue weighted by molar-refractivity contribution is 6.99. The molecule has 1 aromatic heterocycles. The standard InChI is InChI=1S/C11H13ClN4S/c1-7-4-5-8(6-9(7)16(2)3)13-11-10(12)14-17-15-11/h4-6H,1-3H3,(H,13,15). The highest BCUT2D eigenvalue weighted by Crippen LogP contribution is 2.27. The van der Waals surface area contributed by atoms with Gasteiger partial charge in [-0.15, -0.1) is 0 Å². The van der Waals surface area contributed by atoms with Crippen LogP contribution >= 0.6 is 23.3 Å². The molecule has 17 heavy (non-hydrogen) atoms. The molecule has 0 saturated heterocycles. The van der Waals surface area contributed by atoms with Crippen molar-refractivity contribution in [3.05, 3.63) is 28.9 Å². The molecular weight excluding hydrogens is 256 g/mol. The maximum atomic E-state index is 5.89. The normalized spacial score (nSPS) is 10.4. The van der Waals surface area contributed by atoms with Crippen LogP contribution in [0.1, 0.15) is 5.56 Å². The second-order valence-corrected chi connectivity index (χ2v) is 4.81. The first kappa shape index (κ1) is 12.1. The summed E-state index contributed by atoms with van der Waals surface area (Å²) >= 11 is 6.98. The number of rotatable bonds is 3. The summed E-state index contributed by atoms with van der Waals surface area (Å²) in [5, 5.41) is 3.56. The predicted octanol–water partition coefficient (Wildman–Crippen LogP) is 3.31. The van der Waals surface area contributed by atoms with Crippen molar-refractivity contribution in [2.24, 2.45) is 0 Å². The van der Waals surface area contributed by atoms with Gasteiger partial charge in [0.2, 0.25) is 0 Å². The quantitative estimate of drug-likeness (QED) is 0.927. The van der Waals surface area contributed by atoms with E-state index in [9.17, 15) is 0 Å². The topological polar surface area (TPSA) is 41.1 Å². The number of nitrogens with zero attached hydrogens (tertiary/aromatic N) is 3. The van der Waals surface area contributed by atoms with Gasteiger partial charge in [0.25, 0.3) is 0 Å². The van der Waals surface area contributed by atoms with Crippen molar-refractivity contribution in [3.8, 4) is 0 Å². The van der Waals surface area contributed by atoms with Crippen LogP contribution in [0.5, 0.6) is 0 Å². The number of benzene rings is 1. The molecule has 2 rings (SSSR count).